The van der Waals surface area contributed by atoms with Crippen LogP contribution in [0.15, 0.2) is 28.7 Å². The van der Waals surface area contributed by atoms with Crippen LogP contribution in [0, 0.1) is 5.92 Å². The second-order valence-corrected chi connectivity index (χ2v) is 7.02. The van der Waals surface area contributed by atoms with Crippen molar-refractivity contribution in [3.05, 3.63) is 34.3 Å². The van der Waals surface area contributed by atoms with Crippen LogP contribution in [-0.2, 0) is 6.42 Å². The van der Waals surface area contributed by atoms with Gasteiger partial charge in [0.1, 0.15) is 0 Å². The highest BCUT2D eigenvalue weighted by Gasteiger charge is 2.32. The predicted octanol–water partition coefficient (Wildman–Crippen LogP) is 3.69. The SMILES string of the molecule is CC(C)C(C)N(C)C(C)(CN)Cc1ccc(Br)cc1. The third kappa shape index (κ3) is 4.30. The van der Waals surface area contributed by atoms with Crippen LogP contribution in [0.3, 0.4) is 0 Å². The van der Waals surface area contributed by atoms with Gasteiger partial charge in [-0.3, -0.25) is 4.90 Å². The van der Waals surface area contributed by atoms with Crippen molar-refractivity contribution in [2.45, 2.75) is 45.7 Å². The van der Waals surface area contributed by atoms with Crippen LogP contribution < -0.4 is 5.73 Å². The van der Waals surface area contributed by atoms with E-state index in [2.05, 4.69) is 79.8 Å². The molecule has 108 valence electrons. The zero-order chi connectivity index (χ0) is 14.6. The number of hydrogen-bond acceptors (Lipinski definition) is 2. The summed E-state index contributed by atoms with van der Waals surface area (Å²) in [4.78, 5) is 2.43. The van der Waals surface area contributed by atoms with Crippen molar-refractivity contribution in [3.63, 3.8) is 0 Å². The van der Waals surface area contributed by atoms with Crippen LogP contribution in [0.25, 0.3) is 0 Å². The van der Waals surface area contributed by atoms with Gasteiger partial charge in [-0.1, -0.05) is 41.9 Å². The summed E-state index contributed by atoms with van der Waals surface area (Å²) in [7, 11) is 2.19. The maximum atomic E-state index is 6.07. The Kier molecular flexibility index (Phi) is 6.03. The molecule has 0 bridgehead atoms. The highest BCUT2D eigenvalue weighted by Crippen LogP contribution is 2.24. The number of rotatable bonds is 6. The molecule has 0 heterocycles. The lowest BCUT2D eigenvalue weighted by Crippen LogP contribution is -2.55. The lowest BCUT2D eigenvalue weighted by Gasteiger charge is -2.43. The maximum absolute atomic E-state index is 6.07. The fraction of sp³-hybridized carbons (Fsp3) is 0.625. The van der Waals surface area contributed by atoms with Crippen molar-refractivity contribution in [2.75, 3.05) is 13.6 Å². The first-order valence-corrected chi connectivity index (χ1v) is 7.77. The Morgan fingerprint density at radius 3 is 2.16 bits per heavy atom. The number of halogens is 1. The summed E-state index contributed by atoms with van der Waals surface area (Å²) in [6, 6.07) is 9.05. The second-order valence-electron chi connectivity index (χ2n) is 6.10. The summed E-state index contributed by atoms with van der Waals surface area (Å²) in [6.07, 6.45) is 0.977. The summed E-state index contributed by atoms with van der Waals surface area (Å²) in [5, 5.41) is 0. The number of nitrogens with two attached hydrogens (primary N) is 1. The molecule has 0 saturated carbocycles. The van der Waals surface area contributed by atoms with Crippen LogP contribution in [0.5, 0.6) is 0 Å². The average molecular weight is 327 g/mol. The van der Waals surface area contributed by atoms with Gasteiger partial charge in [-0.25, -0.2) is 0 Å². The van der Waals surface area contributed by atoms with E-state index in [0.717, 1.165) is 10.9 Å². The molecule has 0 aliphatic carbocycles. The van der Waals surface area contributed by atoms with Crippen molar-refractivity contribution in [3.8, 4) is 0 Å². The molecule has 0 aliphatic heterocycles. The molecule has 2 atom stereocenters. The maximum Gasteiger partial charge on any atom is 0.0343 e. The van der Waals surface area contributed by atoms with Gasteiger partial charge in [-0.05, 0) is 50.9 Å². The van der Waals surface area contributed by atoms with E-state index in [1.54, 1.807) is 0 Å². The van der Waals surface area contributed by atoms with E-state index in [-0.39, 0.29) is 5.54 Å². The molecule has 2 N–H and O–H groups in total. The molecule has 0 spiro atoms. The summed E-state index contributed by atoms with van der Waals surface area (Å²) in [5.74, 6) is 0.626. The quantitative estimate of drug-likeness (QED) is 0.863. The molecule has 3 heteroatoms. The van der Waals surface area contributed by atoms with E-state index in [4.69, 9.17) is 5.73 Å². The van der Waals surface area contributed by atoms with Gasteiger partial charge in [0.15, 0.2) is 0 Å². The monoisotopic (exact) mass is 326 g/mol. The first-order chi connectivity index (χ1) is 8.80. The van der Waals surface area contributed by atoms with Gasteiger partial charge in [0.2, 0.25) is 0 Å². The van der Waals surface area contributed by atoms with Crippen molar-refractivity contribution >= 4 is 15.9 Å². The van der Waals surface area contributed by atoms with Crippen molar-refractivity contribution in [1.29, 1.82) is 0 Å². The van der Waals surface area contributed by atoms with Crippen molar-refractivity contribution in [1.82, 2.24) is 4.90 Å². The Hall–Kier alpha value is -0.380. The molecular formula is C16H27BrN2. The van der Waals surface area contributed by atoms with Crippen LogP contribution in [0.4, 0.5) is 0 Å². The molecule has 0 aromatic heterocycles. The van der Waals surface area contributed by atoms with Gasteiger partial charge in [0.05, 0.1) is 0 Å². The normalized spacial score (nSPS) is 16.7. The van der Waals surface area contributed by atoms with E-state index >= 15 is 0 Å². The summed E-state index contributed by atoms with van der Waals surface area (Å²) in [5.41, 5.74) is 7.40. The van der Waals surface area contributed by atoms with Crippen LogP contribution >= 0.6 is 15.9 Å². The molecule has 2 nitrogen and oxygen atoms in total. The zero-order valence-electron chi connectivity index (χ0n) is 12.8. The third-order valence-corrected chi connectivity index (χ3v) is 4.89. The highest BCUT2D eigenvalue weighted by molar-refractivity contribution is 9.10. The minimum Gasteiger partial charge on any atom is -0.329 e. The third-order valence-electron chi connectivity index (χ3n) is 4.37. The van der Waals surface area contributed by atoms with Crippen molar-refractivity contribution < 1.29 is 0 Å². The number of likely N-dealkylation sites (N-methyl/N-ethyl adjacent to an activating group) is 1. The molecule has 0 radical (unpaired) electrons. The molecule has 1 rings (SSSR count). The molecule has 19 heavy (non-hydrogen) atoms. The van der Waals surface area contributed by atoms with E-state index in [9.17, 15) is 0 Å². The van der Waals surface area contributed by atoms with Gasteiger partial charge in [0, 0.05) is 22.6 Å². The largest absolute Gasteiger partial charge is 0.329 e. The smallest absolute Gasteiger partial charge is 0.0343 e. The fourth-order valence-electron chi connectivity index (χ4n) is 2.32. The van der Waals surface area contributed by atoms with Gasteiger partial charge >= 0.3 is 0 Å². The summed E-state index contributed by atoms with van der Waals surface area (Å²) in [6.45, 7) is 9.72. The second kappa shape index (κ2) is 6.87. The Bertz CT molecular complexity index is 388. The lowest BCUT2D eigenvalue weighted by atomic mass is 9.88. The van der Waals surface area contributed by atoms with Gasteiger partial charge in [0.25, 0.3) is 0 Å². The summed E-state index contributed by atoms with van der Waals surface area (Å²) >= 11 is 3.48. The minimum absolute atomic E-state index is 0.00246. The fourth-order valence-corrected chi connectivity index (χ4v) is 2.59. The Balaban J connectivity index is 2.88. The number of nitrogens with zero attached hydrogens (tertiary/aromatic N) is 1. The zero-order valence-corrected chi connectivity index (χ0v) is 14.4. The highest BCUT2D eigenvalue weighted by atomic mass is 79.9. The molecule has 1 aromatic carbocycles. The first-order valence-electron chi connectivity index (χ1n) is 6.97. The van der Waals surface area contributed by atoms with Gasteiger partial charge < -0.3 is 5.73 Å². The molecule has 2 unspecified atom stereocenters. The Morgan fingerprint density at radius 2 is 1.74 bits per heavy atom. The van der Waals surface area contributed by atoms with Crippen LogP contribution in [0.2, 0.25) is 0 Å². The van der Waals surface area contributed by atoms with Crippen LogP contribution in [-0.4, -0.2) is 30.1 Å². The lowest BCUT2D eigenvalue weighted by molar-refractivity contribution is 0.0767. The first kappa shape index (κ1) is 16.7. The number of hydrogen-bond donors (Lipinski definition) is 1. The number of benzene rings is 1. The molecule has 0 saturated heterocycles. The van der Waals surface area contributed by atoms with E-state index < -0.39 is 0 Å². The van der Waals surface area contributed by atoms with Gasteiger partial charge in [-0.15, -0.1) is 0 Å². The van der Waals surface area contributed by atoms with Crippen LogP contribution in [0.1, 0.15) is 33.3 Å². The average Bonchev–Trinajstić information content (AvgIpc) is 2.39. The molecule has 0 amide bonds. The van der Waals surface area contributed by atoms with E-state index in [1.165, 1.54) is 5.56 Å². The van der Waals surface area contributed by atoms with Gasteiger partial charge in [-0.2, -0.15) is 0 Å². The molecule has 1 aromatic rings. The van der Waals surface area contributed by atoms with Crippen molar-refractivity contribution in [2.24, 2.45) is 11.7 Å². The Morgan fingerprint density at radius 1 is 1.21 bits per heavy atom. The molecule has 0 aliphatic rings. The Labute approximate surface area is 126 Å². The molecule has 0 fully saturated rings. The predicted molar refractivity (Wildman–Crippen MR) is 87.4 cm³/mol. The van der Waals surface area contributed by atoms with E-state index in [1.807, 2.05) is 0 Å². The molecular weight excluding hydrogens is 300 g/mol. The minimum atomic E-state index is -0.00246. The van der Waals surface area contributed by atoms with E-state index in [0.29, 0.717) is 18.5 Å². The standard InChI is InChI=1S/C16H27BrN2/c1-12(2)13(3)19(5)16(4,11-18)10-14-6-8-15(17)9-7-14/h6-9,12-13H,10-11,18H2,1-5H3. The summed E-state index contributed by atoms with van der Waals surface area (Å²) < 4.78 is 1.12. The topological polar surface area (TPSA) is 29.3 Å².